The highest BCUT2D eigenvalue weighted by molar-refractivity contribution is 6.29. The summed E-state index contributed by atoms with van der Waals surface area (Å²) in [6.45, 7) is 0.962. The molecule has 1 aromatic heterocycles. The van der Waals surface area contributed by atoms with E-state index in [9.17, 15) is 14.5 Å². The van der Waals surface area contributed by atoms with Crippen LogP contribution in [0, 0.1) is 15.9 Å². The highest BCUT2D eigenvalue weighted by Gasteiger charge is 2.26. The second-order valence-corrected chi connectivity index (χ2v) is 5.08. The fraction of sp³-hybridized carbons (Fsp3) is 0.231. The van der Waals surface area contributed by atoms with Crippen LogP contribution in [0.1, 0.15) is 11.3 Å². The van der Waals surface area contributed by atoms with E-state index in [1.165, 1.54) is 18.5 Å². The van der Waals surface area contributed by atoms with Crippen molar-refractivity contribution in [3.05, 3.63) is 56.9 Å². The summed E-state index contributed by atoms with van der Waals surface area (Å²) in [5.41, 5.74) is 1.48. The second-order valence-electron chi connectivity index (χ2n) is 4.69. The van der Waals surface area contributed by atoms with E-state index in [1.807, 2.05) is 0 Å². The van der Waals surface area contributed by atoms with Gasteiger partial charge < -0.3 is 4.90 Å². The zero-order valence-electron chi connectivity index (χ0n) is 10.8. The van der Waals surface area contributed by atoms with Gasteiger partial charge in [-0.15, -0.1) is 0 Å². The van der Waals surface area contributed by atoms with Crippen molar-refractivity contribution >= 4 is 23.0 Å². The van der Waals surface area contributed by atoms with Crippen LogP contribution >= 0.6 is 11.6 Å². The number of hydrogen-bond donors (Lipinski definition) is 0. The summed E-state index contributed by atoms with van der Waals surface area (Å²) >= 11 is 5.67. The predicted octanol–water partition coefficient (Wildman–Crippen LogP) is 2.74. The van der Waals surface area contributed by atoms with Crippen molar-refractivity contribution in [2.24, 2.45) is 0 Å². The number of nitrogens with zero attached hydrogens (tertiary/aromatic N) is 4. The van der Waals surface area contributed by atoms with Crippen LogP contribution in [0.2, 0.25) is 5.15 Å². The fourth-order valence-electron chi connectivity index (χ4n) is 2.43. The van der Waals surface area contributed by atoms with Crippen LogP contribution in [0.5, 0.6) is 0 Å². The maximum atomic E-state index is 14.1. The standard InChI is InChI=1S/C13H10ClFN4O2/c14-12-6-16-9(5-17-12)7-18-2-1-8-3-10(19(20)21)4-11(15)13(8)18/h3-6H,1-2,7H2. The van der Waals surface area contributed by atoms with Gasteiger partial charge in [0.2, 0.25) is 0 Å². The largest absolute Gasteiger partial charge is 0.363 e. The van der Waals surface area contributed by atoms with Crippen molar-refractivity contribution in [3.63, 3.8) is 0 Å². The van der Waals surface area contributed by atoms with E-state index in [4.69, 9.17) is 11.6 Å². The first-order valence-corrected chi connectivity index (χ1v) is 6.60. The van der Waals surface area contributed by atoms with Crippen LogP contribution in [-0.4, -0.2) is 21.4 Å². The first-order chi connectivity index (χ1) is 10.0. The summed E-state index contributed by atoms with van der Waals surface area (Å²) in [4.78, 5) is 20.0. The van der Waals surface area contributed by atoms with Gasteiger partial charge in [-0.2, -0.15) is 0 Å². The summed E-state index contributed by atoms with van der Waals surface area (Å²) in [6.07, 6.45) is 3.53. The molecule has 6 nitrogen and oxygen atoms in total. The molecule has 0 radical (unpaired) electrons. The first-order valence-electron chi connectivity index (χ1n) is 6.23. The lowest BCUT2D eigenvalue weighted by atomic mass is 10.1. The predicted molar refractivity (Wildman–Crippen MR) is 74.9 cm³/mol. The molecule has 108 valence electrons. The molecule has 0 fully saturated rings. The van der Waals surface area contributed by atoms with Crippen molar-refractivity contribution in [2.45, 2.75) is 13.0 Å². The quantitative estimate of drug-likeness (QED) is 0.644. The summed E-state index contributed by atoms with van der Waals surface area (Å²) < 4.78 is 14.1. The van der Waals surface area contributed by atoms with Crippen LogP contribution in [0.25, 0.3) is 0 Å². The molecule has 2 aromatic rings. The Labute approximate surface area is 124 Å². The van der Waals surface area contributed by atoms with E-state index in [-0.39, 0.29) is 5.69 Å². The normalized spacial score (nSPS) is 13.3. The highest BCUT2D eigenvalue weighted by atomic mass is 35.5. The number of rotatable bonds is 3. The average Bonchev–Trinajstić information content (AvgIpc) is 2.85. The van der Waals surface area contributed by atoms with Gasteiger partial charge in [-0.25, -0.2) is 9.37 Å². The van der Waals surface area contributed by atoms with Gasteiger partial charge >= 0.3 is 0 Å². The lowest BCUT2D eigenvalue weighted by molar-refractivity contribution is -0.385. The molecule has 0 saturated carbocycles. The van der Waals surface area contributed by atoms with E-state index >= 15 is 0 Å². The molecule has 2 heterocycles. The van der Waals surface area contributed by atoms with E-state index in [1.54, 1.807) is 4.90 Å². The average molecular weight is 309 g/mol. The van der Waals surface area contributed by atoms with Gasteiger partial charge in [0.15, 0.2) is 5.82 Å². The monoisotopic (exact) mass is 308 g/mol. The number of fused-ring (bicyclic) bond motifs is 1. The molecule has 1 aliphatic heterocycles. The van der Waals surface area contributed by atoms with Crippen LogP contribution in [0.4, 0.5) is 15.8 Å². The number of aromatic nitrogens is 2. The molecule has 21 heavy (non-hydrogen) atoms. The van der Waals surface area contributed by atoms with Gasteiger partial charge in [0, 0.05) is 12.6 Å². The van der Waals surface area contributed by atoms with Gasteiger partial charge in [-0.1, -0.05) is 11.6 Å². The molecule has 8 heteroatoms. The zero-order valence-corrected chi connectivity index (χ0v) is 11.5. The Morgan fingerprint density at radius 1 is 1.38 bits per heavy atom. The molecular formula is C13H10ClFN4O2. The minimum atomic E-state index is -0.587. The Balaban J connectivity index is 1.90. The lowest BCUT2D eigenvalue weighted by Crippen LogP contribution is -2.21. The molecule has 0 unspecified atom stereocenters. The zero-order chi connectivity index (χ0) is 15.0. The van der Waals surface area contributed by atoms with Gasteiger partial charge in [0.05, 0.1) is 41.3 Å². The summed E-state index contributed by atoms with van der Waals surface area (Å²) in [7, 11) is 0. The number of non-ortho nitro benzene ring substituents is 1. The molecule has 0 spiro atoms. The minimum absolute atomic E-state index is 0.223. The Hall–Kier alpha value is -2.28. The van der Waals surface area contributed by atoms with Crippen molar-refractivity contribution in [1.29, 1.82) is 0 Å². The second kappa shape index (κ2) is 5.25. The van der Waals surface area contributed by atoms with Crippen molar-refractivity contribution in [3.8, 4) is 0 Å². The summed E-state index contributed by atoms with van der Waals surface area (Å²) in [5.74, 6) is -0.585. The number of nitro benzene ring substituents is 1. The van der Waals surface area contributed by atoms with E-state index in [2.05, 4.69) is 9.97 Å². The topological polar surface area (TPSA) is 72.2 Å². The molecule has 0 bridgehead atoms. The van der Waals surface area contributed by atoms with Crippen molar-refractivity contribution < 1.29 is 9.31 Å². The maximum absolute atomic E-state index is 14.1. The lowest BCUT2D eigenvalue weighted by Gasteiger charge is -2.19. The van der Waals surface area contributed by atoms with Gasteiger partial charge in [-0.3, -0.25) is 15.1 Å². The number of benzene rings is 1. The fourth-order valence-corrected chi connectivity index (χ4v) is 2.53. The van der Waals surface area contributed by atoms with Crippen LogP contribution in [-0.2, 0) is 13.0 Å². The Morgan fingerprint density at radius 2 is 2.19 bits per heavy atom. The smallest absolute Gasteiger partial charge is 0.272 e. The van der Waals surface area contributed by atoms with Gasteiger partial charge in [0.25, 0.3) is 5.69 Å². The molecule has 0 aliphatic carbocycles. The molecule has 0 saturated heterocycles. The van der Waals surface area contributed by atoms with Crippen LogP contribution in [0.3, 0.4) is 0 Å². The third kappa shape index (κ3) is 2.64. The number of anilines is 1. The molecule has 0 atom stereocenters. The summed E-state index contributed by atoms with van der Waals surface area (Å²) in [6, 6.07) is 2.37. The van der Waals surface area contributed by atoms with Crippen molar-refractivity contribution in [2.75, 3.05) is 11.4 Å². The van der Waals surface area contributed by atoms with Gasteiger partial charge in [0.1, 0.15) is 5.15 Å². The van der Waals surface area contributed by atoms with E-state index in [0.717, 1.165) is 6.07 Å². The molecule has 1 aliphatic rings. The third-order valence-corrected chi connectivity index (χ3v) is 3.53. The minimum Gasteiger partial charge on any atom is -0.363 e. The van der Waals surface area contributed by atoms with E-state index in [0.29, 0.717) is 41.6 Å². The van der Waals surface area contributed by atoms with E-state index < -0.39 is 10.7 Å². The SMILES string of the molecule is O=[N+]([O-])c1cc(F)c2c(c1)CCN2Cc1cnc(Cl)cn1. The molecule has 1 aromatic carbocycles. The molecule has 0 amide bonds. The van der Waals surface area contributed by atoms with Gasteiger partial charge in [-0.05, 0) is 12.0 Å². The first kappa shape index (κ1) is 13.7. The number of hydrogen-bond acceptors (Lipinski definition) is 5. The number of nitro groups is 1. The Kier molecular flexibility index (Phi) is 3.42. The number of halogens is 2. The highest BCUT2D eigenvalue weighted by Crippen LogP contribution is 2.35. The summed E-state index contributed by atoms with van der Waals surface area (Å²) in [5, 5.41) is 11.0. The maximum Gasteiger partial charge on any atom is 0.272 e. The van der Waals surface area contributed by atoms with Crippen LogP contribution < -0.4 is 4.90 Å². The molecule has 0 N–H and O–H groups in total. The molecule has 3 rings (SSSR count). The van der Waals surface area contributed by atoms with Crippen molar-refractivity contribution in [1.82, 2.24) is 9.97 Å². The third-order valence-electron chi connectivity index (χ3n) is 3.33. The van der Waals surface area contributed by atoms with Crippen LogP contribution in [0.15, 0.2) is 24.5 Å². The Bertz CT molecular complexity index is 708. The Morgan fingerprint density at radius 3 is 2.86 bits per heavy atom. The molecular weight excluding hydrogens is 299 g/mol.